The number of benzene rings is 5. The molecule has 5 aromatic rings. The normalized spacial score (nSPS) is 11.7. The molecule has 48 heavy (non-hydrogen) atoms. The Morgan fingerprint density at radius 2 is 1.38 bits per heavy atom. The summed E-state index contributed by atoms with van der Waals surface area (Å²) in [5.41, 5.74) is 1.48. The zero-order valence-corrected chi connectivity index (χ0v) is 26.6. The Morgan fingerprint density at radius 3 is 2.04 bits per heavy atom. The van der Waals surface area contributed by atoms with Crippen LogP contribution in [0.4, 0.5) is 15.8 Å². The van der Waals surface area contributed by atoms with E-state index in [1.807, 2.05) is 30.3 Å². The van der Waals surface area contributed by atoms with Crippen molar-refractivity contribution in [3.63, 3.8) is 0 Å². The predicted molar refractivity (Wildman–Crippen MR) is 185 cm³/mol. The van der Waals surface area contributed by atoms with Crippen LogP contribution >= 0.6 is 23.4 Å². The van der Waals surface area contributed by atoms with E-state index in [0.29, 0.717) is 21.8 Å². The number of anilines is 2. The Hall–Kier alpha value is -5.71. The first-order valence-electron chi connectivity index (χ1n) is 14.5. The molecule has 1 unspecified atom stereocenters. The van der Waals surface area contributed by atoms with Crippen LogP contribution in [-0.4, -0.2) is 28.8 Å². The van der Waals surface area contributed by atoms with E-state index < -0.39 is 28.9 Å². The fourth-order valence-electron chi connectivity index (χ4n) is 4.53. The van der Waals surface area contributed by atoms with Crippen LogP contribution in [0.3, 0.4) is 0 Å². The molecule has 8 nitrogen and oxygen atoms in total. The lowest BCUT2D eigenvalue weighted by molar-refractivity contribution is -0.116. The lowest BCUT2D eigenvalue weighted by atomic mass is 10.1. The lowest BCUT2D eigenvalue weighted by Crippen LogP contribution is -2.30. The number of aromatic carboxylic acids is 1. The second kappa shape index (κ2) is 15.7. The van der Waals surface area contributed by atoms with Gasteiger partial charge in [0.25, 0.3) is 11.8 Å². The van der Waals surface area contributed by atoms with Gasteiger partial charge in [0, 0.05) is 27.4 Å². The van der Waals surface area contributed by atoms with Gasteiger partial charge in [-0.3, -0.25) is 14.4 Å². The summed E-state index contributed by atoms with van der Waals surface area (Å²) in [4.78, 5) is 51.9. The van der Waals surface area contributed by atoms with Gasteiger partial charge in [0.2, 0.25) is 5.91 Å². The molecule has 0 fully saturated rings. The molecule has 240 valence electrons. The van der Waals surface area contributed by atoms with Gasteiger partial charge < -0.3 is 21.1 Å². The van der Waals surface area contributed by atoms with Gasteiger partial charge in [0.15, 0.2) is 0 Å². The predicted octanol–water partition coefficient (Wildman–Crippen LogP) is 8.06. The van der Waals surface area contributed by atoms with Gasteiger partial charge in [-0.05, 0) is 78.4 Å². The summed E-state index contributed by atoms with van der Waals surface area (Å²) >= 11 is 7.46. The molecule has 0 aliphatic carbocycles. The summed E-state index contributed by atoms with van der Waals surface area (Å²) < 4.78 is 14.6. The monoisotopic (exact) mass is 679 g/mol. The number of hydrogen-bond acceptors (Lipinski definition) is 5. The Labute approximate surface area is 284 Å². The summed E-state index contributed by atoms with van der Waals surface area (Å²) in [6, 6.07) is 34.1. The number of rotatable bonds is 11. The molecular formula is C37H27ClFN3O5S. The van der Waals surface area contributed by atoms with Crippen molar-refractivity contribution in [2.24, 2.45) is 0 Å². The van der Waals surface area contributed by atoms with Crippen LogP contribution in [0.5, 0.6) is 0 Å². The van der Waals surface area contributed by atoms with Crippen LogP contribution in [0.1, 0.15) is 37.1 Å². The second-order valence-electron chi connectivity index (χ2n) is 10.3. The van der Waals surface area contributed by atoms with E-state index in [4.69, 9.17) is 11.6 Å². The first kappa shape index (κ1) is 33.6. The maximum atomic E-state index is 14.6. The van der Waals surface area contributed by atoms with E-state index in [1.165, 1.54) is 48.2 Å². The Balaban J connectivity index is 1.35. The van der Waals surface area contributed by atoms with Gasteiger partial charge in [-0.15, -0.1) is 11.8 Å². The maximum absolute atomic E-state index is 14.6. The Bertz CT molecular complexity index is 1970. The first-order valence-corrected chi connectivity index (χ1v) is 15.7. The van der Waals surface area contributed by atoms with Crippen molar-refractivity contribution >= 4 is 64.5 Å². The number of amides is 3. The smallest absolute Gasteiger partial charge is 0.335 e. The highest BCUT2D eigenvalue weighted by Crippen LogP contribution is 2.37. The van der Waals surface area contributed by atoms with Gasteiger partial charge in [-0.25, -0.2) is 9.18 Å². The molecule has 0 aliphatic heterocycles. The summed E-state index contributed by atoms with van der Waals surface area (Å²) in [5, 5.41) is 16.8. The van der Waals surface area contributed by atoms with Crippen LogP contribution in [0.2, 0.25) is 5.02 Å². The summed E-state index contributed by atoms with van der Waals surface area (Å²) in [6.45, 7) is 0. The van der Waals surface area contributed by atoms with E-state index in [9.17, 15) is 28.7 Å². The maximum Gasteiger partial charge on any atom is 0.335 e. The SMILES string of the molecule is O=C(Nc1ccc(SC(C(=O)Nc2cccc(C(=O)O)c2)c2ccccc2)cc1)/C(=C/c1c(F)cccc1Cl)NC(=O)c1ccccc1. The molecule has 5 rings (SSSR count). The minimum atomic E-state index is -1.11. The highest BCUT2D eigenvalue weighted by Gasteiger charge is 2.23. The lowest BCUT2D eigenvalue weighted by Gasteiger charge is -2.18. The number of nitrogens with one attached hydrogen (secondary N) is 3. The Morgan fingerprint density at radius 1 is 0.729 bits per heavy atom. The molecule has 0 aromatic heterocycles. The highest BCUT2D eigenvalue weighted by molar-refractivity contribution is 8.00. The number of carbonyl (C=O) groups excluding carboxylic acids is 3. The molecule has 0 saturated heterocycles. The standard InChI is InChI=1S/C37H27ClFN3O5S/c38-30-15-8-16-31(39)29(30)22-32(42-34(43)24-11-5-2-6-12-24)35(44)40-26-17-19-28(20-18-26)48-33(23-9-3-1-4-10-23)36(45)41-27-14-7-13-25(21-27)37(46)47/h1-22,33H,(H,40,44)(H,41,45)(H,42,43)(H,46,47)/b32-22-. The minimum Gasteiger partial charge on any atom is -0.478 e. The molecule has 0 spiro atoms. The molecule has 0 heterocycles. The average molecular weight is 680 g/mol. The van der Waals surface area contributed by atoms with E-state index in [1.54, 1.807) is 66.7 Å². The van der Waals surface area contributed by atoms with Crippen molar-refractivity contribution < 1.29 is 28.7 Å². The van der Waals surface area contributed by atoms with Crippen molar-refractivity contribution in [3.05, 3.63) is 166 Å². The molecule has 0 radical (unpaired) electrons. The van der Waals surface area contributed by atoms with Crippen molar-refractivity contribution in [2.75, 3.05) is 10.6 Å². The third kappa shape index (κ3) is 8.75. The number of halogens is 2. The fourth-order valence-corrected chi connectivity index (χ4v) is 5.77. The average Bonchev–Trinajstić information content (AvgIpc) is 3.09. The van der Waals surface area contributed by atoms with Crippen molar-refractivity contribution in [1.29, 1.82) is 0 Å². The molecule has 0 aliphatic rings. The minimum absolute atomic E-state index is 0.0454. The summed E-state index contributed by atoms with van der Waals surface area (Å²) in [5.74, 6) is -3.43. The van der Waals surface area contributed by atoms with E-state index >= 15 is 0 Å². The molecule has 3 amide bonds. The zero-order chi connectivity index (χ0) is 34.0. The van der Waals surface area contributed by atoms with Crippen molar-refractivity contribution in [1.82, 2.24) is 5.32 Å². The highest BCUT2D eigenvalue weighted by atomic mass is 35.5. The second-order valence-corrected chi connectivity index (χ2v) is 11.9. The molecule has 0 saturated carbocycles. The van der Waals surface area contributed by atoms with Crippen LogP contribution < -0.4 is 16.0 Å². The van der Waals surface area contributed by atoms with Crippen LogP contribution in [0, 0.1) is 5.82 Å². The molecular weight excluding hydrogens is 653 g/mol. The molecule has 0 bridgehead atoms. The third-order valence-electron chi connectivity index (χ3n) is 6.90. The van der Waals surface area contributed by atoms with E-state index in [-0.39, 0.29) is 27.8 Å². The number of carbonyl (C=O) groups is 4. The number of thioether (sulfide) groups is 1. The van der Waals surface area contributed by atoms with E-state index in [2.05, 4.69) is 16.0 Å². The van der Waals surface area contributed by atoms with Crippen LogP contribution in [-0.2, 0) is 9.59 Å². The van der Waals surface area contributed by atoms with Crippen molar-refractivity contribution in [3.8, 4) is 0 Å². The number of carboxylic acids is 1. The van der Waals surface area contributed by atoms with Gasteiger partial charge in [-0.1, -0.05) is 72.3 Å². The summed E-state index contributed by atoms with van der Waals surface area (Å²) in [7, 11) is 0. The Kier molecular flexibility index (Phi) is 11.0. The molecule has 1 atom stereocenters. The van der Waals surface area contributed by atoms with Gasteiger partial charge in [0.05, 0.1) is 10.6 Å². The molecule has 5 aromatic carbocycles. The molecule has 4 N–H and O–H groups in total. The quantitative estimate of drug-likeness (QED) is 0.0827. The van der Waals surface area contributed by atoms with Gasteiger partial charge >= 0.3 is 5.97 Å². The number of hydrogen-bond donors (Lipinski definition) is 4. The zero-order valence-electron chi connectivity index (χ0n) is 25.0. The van der Waals surface area contributed by atoms with Gasteiger partial charge in [-0.2, -0.15) is 0 Å². The van der Waals surface area contributed by atoms with E-state index in [0.717, 1.165) is 5.56 Å². The molecule has 11 heteroatoms. The van der Waals surface area contributed by atoms with Gasteiger partial charge in [0.1, 0.15) is 16.8 Å². The first-order chi connectivity index (χ1) is 23.2. The van der Waals surface area contributed by atoms with Crippen LogP contribution in [0.25, 0.3) is 6.08 Å². The third-order valence-corrected chi connectivity index (χ3v) is 8.50. The summed E-state index contributed by atoms with van der Waals surface area (Å²) in [6.07, 6.45) is 1.17. The van der Waals surface area contributed by atoms with Crippen molar-refractivity contribution in [2.45, 2.75) is 10.1 Å². The number of carboxylic acid groups (broad SMARTS) is 1. The fraction of sp³-hybridized carbons (Fsp3) is 0.0270. The topological polar surface area (TPSA) is 125 Å². The van der Waals surface area contributed by atoms with Crippen LogP contribution in [0.15, 0.2) is 138 Å². The largest absolute Gasteiger partial charge is 0.478 e.